The average molecular weight is 235 g/mol. The topological polar surface area (TPSA) is 37.8 Å². The van der Waals surface area contributed by atoms with Gasteiger partial charge in [0.25, 0.3) is 0 Å². The van der Waals surface area contributed by atoms with Crippen molar-refractivity contribution in [2.75, 3.05) is 12.4 Å². The summed E-state index contributed by atoms with van der Waals surface area (Å²) in [6.07, 6.45) is 3.43. The largest absolute Gasteiger partial charge is 0.373 e. The molecule has 0 bridgehead atoms. The Morgan fingerprint density at radius 2 is 1.82 bits per heavy atom. The highest BCUT2D eigenvalue weighted by atomic mass is 15.0. The molecule has 1 rings (SSSR count). The van der Waals surface area contributed by atoms with Crippen molar-refractivity contribution in [2.45, 2.75) is 59.3 Å². The Hall–Kier alpha value is -1.12. The number of nitrogens with zero attached hydrogens (tertiary/aromatic N) is 2. The summed E-state index contributed by atoms with van der Waals surface area (Å²) in [5.74, 6) is 1.90. The Morgan fingerprint density at radius 1 is 1.18 bits per heavy atom. The van der Waals surface area contributed by atoms with Crippen molar-refractivity contribution in [3.8, 4) is 0 Å². The second-order valence-corrected chi connectivity index (χ2v) is 5.57. The molecule has 0 spiro atoms. The van der Waals surface area contributed by atoms with E-state index in [2.05, 4.69) is 44.9 Å². The van der Waals surface area contributed by atoms with E-state index >= 15 is 0 Å². The second-order valence-electron chi connectivity index (χ2n) is 5.57. The third kappa shape index (κ3) is 3.42. The lowest BCUT2D eigenvalue weighted by atomic mass is 9.95. The van der Waals surface area contributed by atoms with E-state index in [-0.39, 0.29) is 5.41 Å². The van der Waals surface area contributed by atoms with Crippen molar-refractivity contribution < 1.29 is 0 Å². The number of rotatable bonds is 4. The van der Waals surface area contributed by atoms with E-state index in [1.807, 2.05) is 7.05 Å². The molecule has 0 saturated carbocycles. The first-order chi connectivity index (χ1) is 7.90. The first-order valence-corrected chi connectivity index (χ1v) is 6.46. The Labute approximate surface area is 105 Å². The van der Waals surface area contributed by atoms with Crippen molar-refractivity contribution in [3.63, 3.8) is 0 Å². The fraction of sp³-hybridized carbons (Fsp3) is 0.714. The van der Waals surface area contributed by atoms with Gasteiger partial charge in [-0.15, -0.1) is 0 Å². The first-order valence-electron chi connectivity index (χ1n) is 6.46. The summed E-state index contributed by atoms with van der Waals surface area (Å²) in [5, 5.41) is 3.17. The monoisotopic (exact) mass is 235 g/mol. The van der Waals surface area contributed by atoms with E-state index < -0.39 is 0 Å². The van der Waals surface area contributed by atoms with Gasteiger partial charge < -0.3 is 5.32 Å². The van der Waals surface area contributed by atoms with Crippen LogP contribution in [-0.2, 0) is 11.8 Å². The van der Waals surface area contributed by atoms with Crippen LogP contribution in [0.3, 0.4) is 0 Å². The molecule has 17 heavy (non-hydrogen) atoms. The summed E-state index contributed by atoms with van der Waals surface area (Å²) in [5.41, 5.74) is 2.38. The highest BCUT2D eigenvalue weighted by molar-refractivity contribution is 5.45. The van der Waals surface area contributed by atoms with Crippen LogP contribution in [0.2, 0.25) is 0 Å². The molecule has 0 aromatic carbocycles. The second kappa shape index (κ2) is 5.48. The van der Waals surface area contributed by atoms with Gasteiger partial charge in [0.1, 0.15) is 11.6 Å². The molecule has 1 N–H and O–H groups in total. The minimum atomic E-state index is 0.000263. The van der Waals surface area contributed by atoms with Crippen LogP contribution in [0.4, 0.5) is 5.82 Å². The standard InChI is InChI=1S/C14H25N3/c1-7-8-9-11-10(2)12(15-6)17-13(16-11)14(3,4)5/h7-9H2,1-6H3,(H,15,16,17). The third-order valence-electron chi connectivity index (χ3n) is 2.92. The molecule has 1 aromatic rings. The quantitative estimate of drug-likeness (QED) is 0.868. The van der Waals surface area contributed by atoms with Gasteiger partial charge in [0.2, 0.25) is 0 Å². The van der Waals surface area contributed by atoms with Crippen molar-refractivity contribution >= 4 is 5.82 Å². The molecule has 0 aliphatic carbocycles. The van der Waals surface area contributed by atoms with E-state index in [1.54, 1.807) is 0 Å². The number of unbranched alkanes of at least 4 members (excludes halogenated alkanes) is 1. The molecule has 0 radical (unpaired) electrons. The molecule has 1 aromatic heterocycles. The Bertz CT molecular complexity index is 378. The van der Waals surface area contributed by atoms with E-state index in [0.717, 1.165) is 18.1 Å². The SMILES string of the molecule is CCCCc1nc(C(C)(C)C)nc(NC)c1C. The molecule has 3 nitrogen and oxygen atoms in total. The van der Waals surface area contributed by atoms with Crippen LogP contribution >= 0.6 is 0 Å². The van der Waals surface area contributed by atoms with Crippen molar-refractivity contribution in [1.82, 2.24) is 9.97 Å². The predicted molar refractivity (Wildman–Crippen MR) is 73.6 cm³/mol. The molecule has 0 atom stereocenters. The van der Waals surface area contributed by atoms with Gasteiger partial charge in [-0.3, -0.25) is 0 Å². The maximum atomic E-state index is 4.74. The molecule has 3 heteroatoms. The number of aryl methyl sites for hydroxylation is 1. The number of hydrogen-bond acceptors (Lipinski definition) is 3. The minimum Gasteiger partial charge on any atom is -0.373 e. The first kappa shape index (κ1) is 13.9. The van der Waals surface area contributed by atoms with E-state index in [4.69, 9.17) is 4.98 Å². The van der Waals surface area contributed by atoms with E-state index in [1.165, 1.54) is 24.1 Å². The lowest BCUT2D eigenvalue weighted by Crippen LogP contribution is -2.19. The molecule has 96 valence electrons. The fourth-order valence-corrected chi connectivity index (χ4v) is 1.73. The van der Waals surface area contributed by atoms with Crippen LogP contribution in [0.5, 0.6) is 0 Å². The minimum absolute atomic E-state index is 0.000263. The van der Waals surface area contributed by atoms with Crippen molar-refractivity contribution in [1.29, 1.82) is 0 Å². The summed E-state index contributed by atoms with van der Waals surface area (Å²) in [7, 11) is 1.92. The summed E-state index contributed by atoms with van der Waals surface area (Å²) in [4.78, 5) is 9.35. The molecule has 0 fully saturated rings. The van der Waals surface area contributed by atoms with E-state index in [0.29, 0.717) is 0 Å². The molecule has 0 amide bonds. The van der Waals surface area contributed by atoms with Gasteiger partial charge in [-0.2, -0.15) is 0 Å². The predicted octanol–water partition coefficient (Wildman–Crippen LogP) is 3.47. The summed E-state index contributed by atoms with van der Waals surface area (Å²) in [6.45, 7) is 10.8. The lowest BCUT2D eigenvalue weighted by molar-refractivity contribution is 0.540. The number of nitrogens with one attached hydrogen (secondary N) is 1. The van der Waals surface area contributed by atoms with Crippen molar-refractivity contribution in [2.24, 2.45) is 0 Å². The van der Waals surface area contributed by atoms with Gasteiger partial charge in [-0.05, 0) is 19.8 Å². The van der Waals surface area contributed by atoms with Gasteiger partial charge in [0.15, 0.2) is 0 Å². The van der Waals surface area contributed by atoms with Crippen LogP contribution in [0.1, 0.15) is 57.6 Å². The molecule has 0 saturated heterocycles. The zero-order valence-electron chi connectivity index (χ0n) is 12.0. The number of anilines is 1. The Balaban J connectivity index is 3.19. The smallest absolute Gasteiger partial charge is 0.136 e. The molecule has 1 heterocycles. The van der Waals surface area contributed by atoms with Crippen molar-refractivity contribution in [3.05, 3.63) is 17.1 Å². The van der Waals surface area contributed by atoms with Gasteiger partial charge in [0.05, 0.1) is 0 Å². The highest BCUT2D eigenvalue weighted by Gasteiger charge is 2.20. The van der Waals surface area contributed by atoms with Gasteiger partial charge in [0, 0.05) is 23.7 Å². The summed E-state index contributed by atoms with van der Waals surface area (Å²) >= 11 is 0. The Kier molecular flexibility index (Phi) is 4.49. The summed E-state index contributed by atoms with van der Waals surface area (Å²) in [6, 6.07) is 0. The third-order valence-corrected chi connectivity index (χ3v) is 2.92. The van der Waals surface area contributed by atoms with E-state index in [9.17, 15) is 0 Å². The molecule has 0 aliphatic rings. The van der Waals surface area contributed by atoms with Gasteiger partial charge >= 0.3 is 0 Å². The molecular formula is C14H25N3. The fourth-order valence-electron chi connectivity index (χ4n) is 1.73. The molecule has 0 unspecified atom stereocenters. The molecule has 0 aliphatic heterocycles. The zero-order chi connectivity index (χ0) is 13.1. The van der Waals surface area contributed by atoms with Crippen LogP contribution in [0, 0.1) is 6.92 Å². The zero-order valence-corrected chi connectivity index (χ0v) is 12.0. The summed E-state index contributed by atoms with van der Waals surface area (Å²) < 4.78 is 0. The van der Waals surface area contributed by atoms with Gasteiger partial charge in [-0.25, -0.2) is 9.97 Å². The molecular weight excluding hydrogens is 210 g/mol. The van der Waals surface area contributed by atoms with Crippen LogP contribution in [0.25, 0.3) is 0 Å². The maximum Gasteiger partial charge on any atom is 0.136 e. The highest BCUT2D eigenvalue weighted by Crippen LogP contribution is 2.24. The number of hydrogen-bond donors (Lipinski definition) is 1. The van der Waals surface area contributed by atoms with Crippen LogP contribution < -0.4 is 5.32 Å². The normalized spacial score (nSPS) is 11.6. The lowest BCUT2D eigenvalue weighted by Gasteiger charge is -2.20. The Morgan fingerprint density at radius 3 is 2.29 bits per heavy atom. The maximum absolute atomic E-state index is 4.74. The average Bonchev–Trinajstić information content (AvgIpc) is 2.26. The number of aromatic nitrogens is 2. The van der Waals surface area contributed by atoms with Crippen LogP contribution in [-0.4, -0.2) is 17.0 Å². The van der Waals surface area contributed by atoms with Crippen LogP contribution in [0.15, 0.2) is 0 Å². The van der Waals surface area contributed by atoms with Gasteiger partial charge in [-0.1, -0.05) is 34.1 Å².